The van der Waals surface area contributed by atoms with Crippen LogP contribution >= 0.6 is 0 Å². The van der Waals surface area contributed by atoms with Crippen LogP contribution in [-0.2, 0) is 28.5 Å². The molecule has 13 atom stereocenters. The van der Waals surface area contributed by atoms with Crippen LogP contribution < -0.4 is 0 Å². The maximum Gasteiger partial charge on any atom is 0.302 e. The van der Waals surface area contributed by atoms with Gasteiger partial charge in [-0.1, -0.05) is 37.1 Å². The number of aliphatic hydroxyl groups is 5. The standard InChI is InChI=1S/C34H54O11/c1-9-33(5,6)43-16-24-28(38)29(39)30(40)32(44-24)45-31-26-22(17(2)14-42-19(4)35)12-25(36)34(26,7)13-23-20(15-41-8)10-11-21(23)18(3)27(31)37/h9,13,17-18,20-21,24-25,27-32,36-40H,1,10-12,14-16H2,2-8H3/b23-13-/t17-,18-,20-,21+,24?,25+,27-,28?,29?,30?,31-,32?,34+/m1/s1. The molecule has 0 amide bonds. The summed E-state index contributed by atoms with van der Waals surface area (Å²) in [4.78, 5) is 11.7. The summed E-state index contributed by atoms with van der Waals surface area (Å²) >= 11 is 0. The molecule has 0 aromatic heterocycles. The van der Waals surface area contributed by atoms with Gasteiger partial charge in [0.1, 0.15) is 30.5 Å². The number of carbonyl (C=O) groups excluding carboxylic acids is 1. The van der Waals surface area contributed by atoms with Crippen LogP contribution in [0.1, 0.15) is 60.8 Å². The second-order valence-corrected chi connectivity index (χ2v) is 14.2. The van der Waals surface area contributed by atoms with Crippen molar-refractivity contribution in [3.8, 4) is 0 Å². The zero-order valence-electron chi connectivity index (χ0n) is 27.7. The summed E-state index contributed by atoms with van der Waals surface area (Å²) in [6.07, 6.45) is -4.51. The van der Waals surface area contributed by atoms with Gasteiger partial charge in [0.25, 0.3) is 0 Å². The Morgan fingerprint density at radius 3 is 2.44 bits per heavy atom. The van der Waals surface area contributed by atoms with Gasteiger partial charge in [0.2, 0.25) is 0 Å². The summed E-state index contributed by atoms with van der Waals surface area (Å²) in [5, 5.41) is 56.5. The van der Waals surface area contributed by atoms with Gasteiger partial charge in [-0.2, -0.15) is 0 Å². The minimum absolute atomic E-state index is 0.00578. The van der Waals surface area contributed by atoms with E-state index in [-0.39, 0.29) is 43.3 Å². The van der Waals surface area contributed by atoms with Gasteiger partial charge in [-0.25, -0.2) is 0 Å². The second kappa shape index (κ2) is 14.2. The molecule has 1 saturated carbocycles. The fraction of sp³-hybridized carbons (Fsp3) is 0.794. The number of methoxy groups -OCH3 is 1. The molecular formula is C34H54O11. The first-order chi connectivity index (χ1) is 21.1. The Labute approximate surface area is 266 Å². The highest BCUT2D eigenvalue weighted by Crippen LogP contribution is 2.55. The molecule has 0 aromatic rings. The summed E-state index contributed by atoms with van der Waals surface area (Å²) in [5.41, 5.74) is 0.864. The third-order valence-electron chi connectivity index (χ3n) is 10.6. The zero-order chi connectivity index (χ0) is 33.4. The molecule has 2 fully saturated rings. The van der Waals surface area contributed by atoms with E-state index in [4.69, 9.17) is 23.7 Å². The lowest BCUT2D eigenvalue weighted by Gasteiger charge is -2.46. The molecule has 45 heavy (non-hydrogen) atoms. The largest absolute Gasteiger partial charge is 0.465 e. The Morgan fingerprint density at radius 2 is 1.82 bits per heavy atom. The van der Waals surface area contributed by atoms with E-state index in [0.717, 1.165) is 24.0 Å². The quantitative estimate of drug-likeness (QED) is 0.166. The van der Waals surface area contributed by atoms with Gasteiger partial charge >= 0.3 is 5.97 Å². The molecule has 11 nitrogen and oxygen atoms in total. The van der Waals surface area contributed by atoms with Gasteiger partial charge in [-0.3, -0.25) is 4.79 Å². The first-order valence-electron chi connectivity index (χ1n) is 16.1. The van der Waals surface area contributed by atoms with Crippen molar-refractivity contribution in [1.82, 2.24) is 0 Å². The van der Waals surface area contributed by atoms with E-state index in [9.17, 15) is 30.3 Å². The third-order valence-corrected chi connectivity index (χ3v) is 10.6. The maximum atomic E-state index is 12.1. The number of fused-ring (bicyclic) bond motifs is 2. The molecule has 0 spiro atoms. The fourth-order valence-corrected chi connectivity index (χ4v) is 7.56. The zero-order valence-corrected chi connectivity index (χ0v) is 27.7. The molecule has 11 heteroatoms. The van der Waals surface area contributed by atoms with E-state index in [0.29, 0.717) is 12.2 Å². The second-order valence-electron chi connectivity index (χ2n) is 14.2. The molecule has 0 aromatic carbocycles. The number of rotatable bonds is 11. The lowest BCUT2D eigenvalue weighted by molar-refractivity contribution is -0.319. The van der Waals surface area contributed by atoms with Gasteiger partial charge in [0.15, 0.2) is 6.29 Å². The fourth-order valence-electron chi connectivity index (χ4n) is 7.56. The predicted octanol–water partition coefficient (Wildman–Crippen LogP) is 2.04. The van der Waals surface area contributed by atoms with E-state index in [1.807, 2.05) is 20.8 Å². The average molecular weight is 639 g/mol. The lowest BCUT2D eigenvalue weighted by Crippen LogP contribution is -2.61. The van der Waals surface area contributed by atoms with Crippen molar-refractivity contribution < 1.29 is 54.0 Å². The Hall–Kier alpha value is -1.67. The van der Waals surface area contributed by atoms with E-state index < -0.39 is 66.0 Å². The Morgan fingerprint density at radius 1 is 1.13 bits per heavy atom. The molecule has 256 valence electrons. The van der Waals surface area contributed by atoms with Crippen molar-refractivity contribution in [3.05, 3.63) is 35.5 Å². The first-order valence-corrected chi connectivity index (χ1v) is 16.1. The maximum absolute atomic E-state index is 12.1. The molecule has 5 N–H and O–H groups in total. The van der Waals surface area contributed by atoms with E-state index >= 15 is 0 Å². The van der Waals surface area contributed by atoms with Crippen LogP contribution in [-0.4, -0.2) is 113 Å². The number of hydrogen-bond donors (Lipinski definition) is 5. The van der Waals surface area contributed by atoms with Crippen LogP contribution in [0.15, 0.2) is 35.5 Å². The molecule has 1 heterocycles. The highest BCUT2D eigenvalue weighted by Gasteiger charge is 2.55. The highest BCUT2D eigenvalue weighted by molar-refractivity contribution is 5.65. The summed E-state index contributed by atoms with van der Waals surface area (Å²) in [6, 6.07) is 0. The molecule has 3 aliphatic carbocycles. The van der Waals surface area contributed by atoms with E-state index in [1.165, 1.54) is 6.92 Å². The number of ether oxygens (including phenoxy) is 5. The molecule has 1 saturated heterocycles. The van der Waals surface area contributed by atoms with Crippen LogP contribution in [0, 0.1) is 29.1 Å². The van der Waals surface area contributed by atoms with Gasteiger partial charge in [-0.05, 0) is 57.4 Å². The number of carbonyl (C=O) groups is 1. The summed E-state index contributed by atoms with van der Waals surface area (Å²) in [6.45, 7) is 15.0. The van der Waals surface area contributed by atoms with Crippen LogP contribution in [0.3, 0.4) is 0 Å². The number of hydrogen-bond acceptors (Lipinski definition) is 11. The summed E-state index contributed by atoms with van der Waals surface area (Å²) in [5.74, 6) is -0.878. The van der Waals surface area contributed by atoms with Gasteiger partial charge < -0.3 is 49.2 Å². The van der Waals surface area contributed by atoms with Gasteiger partial charge in [-0.15, -0.1) is 6.58 Å². The SMILES string of the molecule is C=CC(C)(C)OCC1OC(O[C@@H]2C3=C([C@H](C)COC(C)=O)C[C@H](O)[C@]3(C)/C=C3/[C@@H](COC)CC[C@H]3[C@@H](C)[C@H]2O)C(O)C(O)C1O. The number of esters is 1. The lowest BCUT2D eigenvalue weighted by atomic mass is 9.68. The average Bonchev–Trinajstić information content (AvgIpc) is 3.49. The van der Waals surface area contributed by atoms with Crippen molar-refractivity contribution in [1.29, 1.82) is 0 Å². The monoisotopic (exact) mass is 638 g/mol. The first kappa shape index (κ1) is 36.2. The Balaban J connectivity index is 1.78. The topological polar surface area (TPSA) is 164 Å². The molecule has 4 aliphatic rings. The van der Waals surface area contributed by atoms with E-state index in [1.54, 1.807) is 27.0 Å². The van der Waals surface area contributed by atoms with Crippen LogP contribution in [0.5, 0.6) is 0 Å². The molecular weight excluding hydrogens is 584 g/mol. The normalized spacial score (nSPS) is 42.2. The molecule has 0 bridgehead atoms. The van der Waals surface area contributed by atoms with Crippen molar-refractivity contribution in [2.24, 2.45) is 29.1 Å². The number of aliphatic hydroxyl groups excluding tert-OH is 5. The summed E-state index contributed by atoms with van der Waals surface area (Å²) < 4.78 is 29.3. The molecule has 0 radical (unpaired) electrons. The molecule has 1 aliphatic heterocycles. The van der Waals surface area contributed by atoms with Crippen molar-refractivity contribution in [2.75, 3.05) is 26.9 Å². The minimum atomic E-state index is -1.64. The van der Waals surface area contributed by atoms with Gasteiger partial charge in [0, 0.05) is 31.3 Å². The van der Waals surface area contributed by atoms with E-state index in [2.05, 4.69) is 12.7 Å². The third kappa shape index (κ3) is 7.27. The highest BCUT2D eigenvalue weighted by atomic mass is 16.7. The Bertz CT molecular complexity index is 1130. The van der Waals surface area contributed by atoms with Crippen molar-refractivity contribution >= 4 is 5.97 Å². The minimum Gasteiger partial charge on any atom is -0.465 e. The van der Waals surface area contributed by atoms with Crippen molar-refractivity contribution in [2.45, 2.75) is 115 Å². The Kier molecular flexibility index (Phi) is 11.4. The summed E-state index contributed by atoms with van der Waals surface area (Å²) in [7, 11) is 1.67. The molecule has 5 unspecified atom stereocenters. The van der Waals surface area contributed by atoms with Crippen molar-refractivity contribution in [3.63, 3.8) is 0 Å². The van der Waals surface area contributed by atoms with Crippen LogP contribution in [0.2, 0.25) is 0 Å². The predicted molar refractivity (Wildman–Crippen MR) is 165 cm³/mol. The smallest absolute Gasteiger partial charge is 0.302 e. The van der Waals surface area contributed by atoms with Gasteiger partial charge in [0.05, 0.1) is 37.6 Å². The van der Waals surface area contributed by atoms with Crippen LogP contribution in [0.4, 0.5) is 0 Å². The van der Waals surface area contributed by atoms with Crippen LogP contribution in [0.25, 0.3) is 0 Å². The molecule has 4 rings (SSSR count).